The zero-order chi connectivity index (χ0) is 20.9. The number of methoxy groups -OCH3 is 2. The monoisotopic (exact) mass is 426 g/mol. The molecule has 0 bridgehead atoms. The molecule has 2 rings (SSSR count). The second-order valence-corrected chi connectivity index (χ2v) is 8.40. The maximum absolute atomic E-state index is 12.6. The normalized spacial score (nSPS) is 11.4. The molecule has 0 atom stereocenters. The Bertz CT molecular complexity index is 961. The van der Waals surface area contributed by atoms with Gasteiger partial charge in [0, 0.05) is 24.2 Å². The predicted octanol–water partition coefficient (Wildman–Crippen LogP) is 2.97. The van der Waals surface area contributed by atoms with E-state index in [1.807, 2.05) is 0 Å². The lowest BCUT2D eigenvalue weighted by Crippen LogP contribution is -2.30. The minimum absolute atomic E-state index is 0.0298. The van der Waals surface area contributed by atoms with E-state index in [9.17, 15) is 13.2 Å². The van der Waals surface area contributed by atoms with Crippen molar-refractivity contribution in [2.75, 3.05) is 14.2 Å². The highest BCUT2D eigenvalue weighted by Gasteiger charge is 2.19. The molecule has 0 saturated heterocycles. The number of benzene rings is 2. The Balaban J connectivity index is 2.22. The number of sulfonamides is 1. The van der Waals surface area contributed by atoms with Crippen molar-refractivity contribution in [3.63, 3.8) is 0 Å². The molecule has 0 aromatic heterocycles. The first-order valence-corrected chi connectivity index (χ1v) is 10.3. The number of hydrogen-bond acceptors (Lipinski definition) is 5. The van der Waals surface area contributed by atoms with Crippen molar-refractivity contribution < 1.29 is 22.7 Å². The van der Waals surface area contributed by atoms with E-state index in [-0.39, 0.29) is 28.1 Å². The molecule has 0 unspecified atom stereocenters. The van der Waals surface area contributed by atoms with Gasteiger partial charge in [0.05, 0.1) is 29.7 Å². The zero-order valence-corrected chi connectivity index (χ0v) is 17.6. The van der Waals surface area contributed by atoms with Gasteiger partial charge in [-0.3, -0.25) is 4.79 Å². The maximum Gasteiger partial charge on any atom is 0.253 e. The molecule has 0 fully saturated rings. The van der Waals surface area contributed by atoms with Crippen molar-refractivity contribution in [1.29, 1.82) is 0 Å². The number of halogens is 1. The van der Waals surface area contributed by atoms with Gasteiger partial charge in [-0.25, -0.2) is 13.1 Å². The third-order valence-corrected chi connectivity index (χ3v) is 5.80. The SMILES string of the molecule is COc1ccc(CNC(=O)c2cc(S(=O)(=O)NC(C)C)ccc2Cl)c(OC)c1. The van der Waals surface area contributed by atoms with E-state index in [0.29, 0.717) is 11.5 Å². The summed E-state index contributed by atoms with van der Waals surface area (Å²) in [4.78, 5) is 12.6. The van der Waals surface area contributed by atoms with Gasteiger partial charge >= 0.3 is 0 Å². The lowest BCUT2D eigenvalue weighted by Gasteiger charge is -2.13. The summed E-state index contributed by atoms with van der Waals surface area (Å²) in [5.41, 5.74) is 0.804. The van der Waals surface area contributed by atoms with Gasteiger partial charge in [-0.15, -0.1) is 0 Å². The minimum atomic E-state index is -3.74. The van der Waals surface area contributed by atoms with Gasteiger partial charge in [0.1, 0.15) is 11.5 Å². The molecule has 0 spiro atoms. The van der Waals surface area contributed by atoms with Crippen LogP contribution in [0.2, 0.25) is 5.02 Å². The van der Waals surface area contributed by atoms with Crippen molar-refractivity contribution in [3.8, 4) is 11.5 Å². The van der Waals surface area contributed by atoms with E-state index in [0.717, 1.165) is 5.56 Å². The molecule has 28 heavy (non-hydrogen) atoms. The highest BCUT2D eigenvalue weighted by molar-refractivity contribution is 7.89. The average Bonchev–Trinajstić information content (AvgIpc) is 2.65. The lowest BCUT2D eigenvalue weighted by molar-refractivity contribution is 0.0950. The van der Waals surface area contributed by atoms with Crippen LogP contribution in [0.3, 0.4) is 0 Å². The summed E-state index contributed by atoms with van der Waals surface area (Å²) in [6.07, 6.45) is 0. The van der Waals surface area contributed by atoms with Crippen LogP contribution in [0, 0.1) is 0 Å². The Hall–Kier alpha value is -2.29. The van der Waals surface area contributed by atoms with Gasteiger partial charge in [0.2, 0.25) is 10.0 Å². The Morgan fingerprint density at radius 1 is 1.11 bits per heavy atom. The molecule has 7 nitrogen and oxygen atoms in total. The highest BCUT2D eigenvalue weighted by Crippen LogP contribution is 2.25. The summed E-state index contributed by atoms with van der Waals surface area (Å²) in [7, 11) is -0.670. The van der Waals surface area contributed by atoms with Crippen LogP contribution in [0.15, 0.2) is 41.3 Å². The molecule has 0 radical (unpaired) electrons. The van der Waals surface area contributed by atoms with E-state index in [1.165, 1.54) is 25.3 Å². The summed E-state index contributed by atoms with van der Waals surface area (Å²) in [6.45, 7) is 3.59. The molecular formula is C19H23ClN2O5S. The number of ether oxygens (including phenoxy) is 2. The van der Waals surface area contributed by atoms with E-state index in [2.05, 4.69) is 10.0 Å². The molecule has 2 aromatic carbocycles. The van der Waals surface area contributed by atoms with Crippen molar-refractivity contribution in [1.82, 2.24) is 10.0 Å². The first-order chi connectivity index (χ1) is 13.2. The third kappa shape index (κ3) is 5.37. The first-order valence-electron chi connectivity index (χ1n) is 8.49. The molecule has 1 amide bonds. The van der Waals surface area contributed by atoms with Gasteiger partial charge < -0.3 is 14.8 Å². The van der Waals surface area contributed by atoms with Crippen LogP contribution in [0.4, 0.5) is 0 Å². The molecule has 0 aliphatic rings. The molecular weight excluding hydrogens is 404 g/mol. The average molecular weight is 427 g/mol. The fourth-order valence-corrected chi connectivity index (χ4v) is 3.97. The lowest BCUT2D eigenvalue weighted by atomic mass is 10.1. The van der Waals surface area contributed by atoms with E-state index >= 15 is 0 Å². The smallest absolute Gasteiger partial charge is 0.253 e. The quantitative estimate of drug-likeness (QED) is 0.676. The summed E-state index contributed by atoms with van der Waals surface area (Å²) < 4.78 is 37.6. The molecule has 2 N–H and O–H groups in total. The van der Waals surface area contributed by atoms with Crippen LogP contribution < -0.4 is 19.5 Å². The second kappa shape index (κ2) is 9.27. The van der Waals surface area contributed by atoms with Crippen molar-refractivity contribution in [2.24, 2.45) is 0 Å². The Kier molecular flexibility index (Phi) is 7.29. The second-order valence-electron chi connectivity index (χ2n) is 6.28. The van der Waals surface area contributed by atoms with Crippen LogP contribution >= 0.6 is 11.6 Å². The van der Waals surface area contributed by atoms with Crippen molar-refractivity contribution >= 4 is 27.5 Å². The van der Waals surface area contributed by atoms with Gasteiger partial charge in [0.15, 0.2) is 0 Å². The zero-order valence-electron chi connectivity index (χ0n) is 16.1. The van der Waals surface area contributed by atoms with Crippen LogP contribution in [0.5, 0.6) is 11.5 Å². The number of carbonyl (C=O) groups is 1. The van der Waals surface area contributed by atoms with Crippen LogP contribution in [-0.4, -0.2) is 34.6 Å². The number of nitrogens with one attached hydrogen (secondary N) is 2. The molecule has 9 heteroatoms. The Morgan fingerprint density at radius 3 is 2.43 bits per heavy atom. The van der Waals surface area contributed by atoms with Crippen molar-refractivity contribution in [2.45, 2.75) is 31.3 Å². The number of carbonyl (C=O) groups excluding carboxylic acids is 1. The third-order valence-electron chi connectivity index (χ3n) is 3.82. The molecule has 0 aliphatic heterocycles. The first kappa shape index (κ1) is 22.0. The van der Waals surface area contributed by atoms with Crippen LogP contribution in [-0.2, 0) is 16.6 Å². The minimum Gasteiger partial charge on any atom is -0.497 e. The van der Waals surface area contributed by atoms with Gasteiger partial charge in [-0.1, -0.05) is 11.6 Å². The molecule has 152 valence electrons. The molecule has 0 heterocycles. The fraction of sp³-hybridized carbons (Fsp3) is 0.316. The predicted molar refractivity (Wildman–Crippen MR) is 108 cm³/mol. The number of hydrogen-bond donors (Lipinski definition) is 2. The molecule has 0 saturated carbocycles. The summed E-state index contributed by atoms with van der Waals surface area (Å²) in [5, 5.41) is 2.88. The summed E-state index contributed by atoms with van der Waals surface area (Å²) >= 11 is 6.11. The summed E-state index contributed by atoms with van der Waals surface area (Å²) in [6, 6.07) is 8.96. The number of amides is 1. The van der Waals surface area contributed by atoms with Gasteiger partial charge in [-0.05, 0) is 44.2 Å². The Labute approximate surface area is 170 Å². The van der Waals surface area contributed by atoms with E-state index < -0.39 is 15.9 Å². The summed E-state index contributed by atoms with van der Waals surface area (Å²) in [5.74, 6) is 0.693. The van der Waals surface area contributed by atoms with E-state index in [4.69, 9.17) is 21.1 Å². The van der Waals surface area contributed by atoms with Gasteiger partial charge in [-0.2, -0.15) is 0 Å². The standard InChI is InChI=1S/C19H23ClN2O5S/c1-12(2)22-28(24,25)15-7-8-17(20)16(10-15)19(23)21-11-13-5-6-14(26-3)9-18(13)27-4/h5-10,12,22H,11H2,1-4H3,(H,21,23). The topological polar surface area (TPSA) is 93.7 Å². The molecule has 2 aromatic rings. The highest BCUT2D eigenvalue weighted by atomic mass is 35.5. The maximum atomic E-state index is 12.6. The Morgan fingerprint density at radius 2 is 1.82 bits per heavy atom. The van der Waals surface area contributed by atoms with Crippen LogP contribution in [0.1, 0.15) is 29.8 Å². The van der Waals surface area contributed by atoms with Crippen molar-refractivity contribution in [3.05, 3.63) is 52.5 Å². The number of rotatable bonds is 8. The molecule has 0 aliphatic carbocycles. The fourth-order valence-electron chi connectivity index (χ4n) is 2.49. The van der Waals surface area contributed by atoms with Gasteiger partial charge in [0.25, 0.3) is 5.91 Å². The largest absolute Gasteiger partial charge is 0.497 e. The van der Waals surface area contributed by atoms with Crippen LogP contribution in [0.25, 0.3) is 0 Å². The van der Waals surface area contributed by atoms with E-state index in [1.54, 1.807) is 39.2 Å².